The topological polar surface area (TPSA) is 52.0 Å². The smallest absolute Gasteiger partial charge is 0.165 e. The van der Waals surface area contributed by atoms with Crippen LogP contribution in [-0.4, -0.2) is 27.9 Å². The summed E-state index contributed by atoms with van der Waals surface area (Å²) in [6.07, 6.45) is 3.19. The van der Waals surface area contributed by atoms with E-state index in [9.17, 15) is 4.39 Å². The van der Waals surface area contributed by atoms with Gasteiger partial charge in [-0.15, -0.1) is 0 Å². The maximum absolute atomic E-state index is 13.7. The van der Waals surface area contributed by atoms with E-state index in [0.717, 1.165) is 5.56 Å². The number of benzene rings is 1. The molecule has 0 fully saturated rings. The number of nitrogens with zero attached hydrogens (tertiary/aromatic N) is 3. The minimum absolute atomic E-state index is 0.0360. The summed E-state index contributed by atoms with van der Waals surface area (Å²) in [4.78, 5) is 3.90. The first-order valence-electron chi connectivity index (χ1n) is 6.52. The Labute approximate surface area is 117 Å². The van der Waals surface area contributed by atoms with Gasteiger partial charge in [-0.25, -0.2) is 9.37 Å². The number of ether oxygens (including phenoxy) is 1. The van der Waals surface area contributed by atoms with E-state index >= 15 is 0 Å². The molecular weight excluding hydrogens is 259 g/mol. The standard InChI is InChI=1S/C14H19FN4O/c1-10(7-19-9-16-8-17-19)18-11(2)12-4-5-14(20-3)13(15)6-12/h4-6,8-11,18H,7H2,1-3H3/t10-,11+/m0/s1. The first-order chi connectivity index (χ1) is 9.60. The summed E-state index contributed by atoms with van der Waals surface area (Å²) in [7, 11) is 1.46. The van der Waals surface area contributed by atoms with Crippen LogP contribution in [0.3, 0.4) is 0 Å². The van der Waals surface area contributed by atoms with Gasteiger partial charge in [-0.05, 0) is 31.5 Å². The van der Waals surface area contributed by atoms with Crippen LogP contribution in [0.5, 0.6) is 5.75 Å². The molecule has 0 unspecified atom stereocenters. The van der Waals surface area contributed by atoms with Crippen LogP contribution in [0.25, 0.3) is 0 Å². The zero-order valence-corrected chi connectivity index (χ0v) is 11.9. The quantitative estimate of drug-likeness (QED) is 0.880. The number of hydrogen-bond acceptors (Lipinski definition) is 4. The lowest BCUT2D eigenvalue weighted by atomic mass is 10.1. The van der Waals surface area contributed by atoms with Crippen molar-refractivity contribution >= 4 is 0 Å². The van der Waals surface area contributed by atoms with E-state index in [4.69, 9.17) is 4.74 Å². The summed E-state index contributed by atoms with van der Waals surface area (Å²) in [5.74, 6) is -0.0841. The summed E-state index contributed by atoms with van der Waals surface area (Å²) >= 11 is 0. The van der Waals surface area contributed by atoms with Crippen LogP contribution in [0, 0.1) is 5.82 Å². The minimum Gasteiger partial charge on any atom is -0.494 e. The van der Waals surface area contributed by atoms with Crippen LogP contribution in [0.4, 0.5) is 4.39 Å². The van der Waals surface area contributed by atoms with Gasteiger partial charge in [0.2, 0.25) is 0 Å². The molecule has 1 aromatic carbocycles. The number of hydrogen-bond donors (Lipinski definition) is 1. The molecule has 2 atom stereocenters. The van der Waals surface area contributed by atoms with Crippen molar-refractivity contribution in [2.24, 2.45) is 0 Å². The van der Waals surface area contributed by atoms with Crippen LogP contribution in [0.15, 0.2) is 30.9 Å². The molecule has 0 aliphatic carbocycles. The Kier molecular flexibility index (Phi) is 4.68. The SMILES string of the molecule is COc1ccc([C@@H](C)N[C@@H](C)Cn2cncn2)cc1F. The summed E-state index contributed by atoms with van der Waals surface area (Å²) in [5.41, 5.74) is 0.883. The van der Waals surface area contributed by atoms with Gasteiger partial charge in [0.15, 0.2) is 11.6 Å². The van der Waals surface area contributed by atoms with Crippen molar-refractivity contribution in [3.63, 3.8) is 0 Å². The minimum atomic E-state index is -0.345. The average molecular weight is 278 g/mol. The number of nitrogens with one attached hydrogen (secondary N) is 1. The van der Waals surface area contributed by atoms with Crippen molar-refractivity contribution in [2.75, 3.05) is 7.11 Å². The molecule has 1 heterocycles. The van der Waals surface area contributed by atoms with Gasteiger partial charge in [-0.3, -0.25) is 4.68 Å². The number of halogens is 1. The first kappa shape index (κ1) is 14.5. The average Bonchev–Trinajstić information content (AvgIpc) is 2.91. The molecule has 0 saturated heterocycles. The summed E-state index contributed by atoms with van der Waals surface area (Å²) < 4.78 is 20.4. The maximum Gasteiger partial charge on any atom is 0.165 e. The summed E-state index contributed by atoms with van der Waals surface area (Å²) in [6.45, 7) is 4.76. The molecule has 20 heavy (non-hydrogen) atoms. The van der Waals surface area contributed by atoms with Gasteiger partial charge >= 0.3 is 0 Å². The number of rotatable bonds is 6. The molecule has 5 nitrogen and oxygen atoms in total. The van der Waals surface area contributed by atoms with E-state index in [1.54, 1.807) is 17.1 Å². The normalized spacial score (nSPS) is 14.0. The van der Waals surface area contributed by atoms with Crippen molar-refractivity contribution in [1.29, 1.82) is 0 Å². The van der Waals surface area contributed by atoms with E-state index in [1.165, 1.54) is 19.5 Å². The van der Waals surface area contributed by atoms with Gasteiger partial charge in [0, 0.05) is 12.1 Å². The highest BCUT2D eigenvalue weighted by Gasteiger charge is 2.12. The zero-order chi connectivity index (χ0) is 14.5. The van der Waals surface area contributed by atoms with Crippen molar-refractivity contribution in [1.82, 2.24) is 20.1 Å². The fraction of sp³-hybridized carbons (Fsp3) is 0.429. The van der Waals surface area contributed by atoms with Crippen LogP contribution < -0.4 is 10.1 Å². The molecule has 2 aromatic rings. The van der Waals surface area contributed by atoms with E-state index in [0.29, 0.717) is 6.54 Å². The molecule has 1 aromatic heterocycles. The third-order valence-electron chi connectivity index (χ3n) is 3.14. The Balaban J connectivity index is 1.97. The van der Waals surface area contributed by atoms with Crippen molar-refractivity contribution in [3.8, 4) is 5.75 Å². The van der Waals surface area contributed by atoms with Crippen molar-refractivity contribution < 1.29 is 9.13 Å². The molecule has 2 rings (SSSR count). The molecule has 1 N–H and O–H groups in total. The number of methoxy groups -OCH3 is 1. The molecule has 0 bridgehead atoms. The monoisotopic (exact) mass is 278 g/mol. The second-order valence-electron chi connectivity index (χ2n) is 4.80. The first-order valence-corrected chi connectivity index (χ1v) is 6.52. The molecule has 0 amide bonds. The van der Waals surface area contributed by atoms with E-state index in [2.05, 4.69) is 22.3 Å². The molecule has 108 valence electrons. The van der Waals surface area contributed by atoms with Gasteiger partial charge in [-0.1, -0.05) is 6.07 Å². The number of aromatic nitrogens is 3. The summed E-state index contributed by atoms with van der Waals surface area (Å²) in [5, 5.41) is 7.47. The van der Waals surface area contributed by atoms with Gasteiger partial charge in [0.1, 0.15) is 12.7 Å². The van der Waals surface area contributed by atoms with Gasteiger partial charge in [0.25, 0.3) is 0 Å². The van der Waals surface area contributed by atoms with Crippen LogP contribution >= 0.6 is 0 Å². The van der Waals surface area contributed by atoms with Gasteiger partial charge in [0.05, 0.1) is 13.7 Å². The second kappa shape index (κ2) is 6.47. The van der Waals surface area contributed by atoms with Gasteiger partial charge in [-0.2, -0.15) is 5.10 Å². The van der Waals surface area contributed by atoms with Crippen LogP contribution in [0.2, 0.25) is 0 Å². The molecule has 0 aliphatic heterocycles. The van der Waals surface area contributed by atoms with Crippen LogP contribution in [-0.2, 0) is 6.54 Å². The lowest BCUT2D eigenvalue weighted by molar-refractivity contribution is 0.383. The second-order valence-corrected chi connectivity index (χ2v) is 4.80. The Morgan fingerprint density at radius 2 is 2.20 bits per heavy atom. The van der Waals surface area contributed by atoms with E-state index < -0.39 is 0 Å². The summed E-state index contributed by atoms with van der Waals surface area (Å²) in [6, 6.07) is 5.23. The molecule has 6 heteroatoms. The zero-order valence-electron chi connectivity index (χ0n) is 11.9. The highest BCUT2D eigenvalue weighted by molar-refractivity contribution is 5.30. The third-order valence-corrected chi connectivity index (χ3v) is 3.14. The lowest BCUT2D eigenvalue weighted by Gasteiger charge is -2.20. The molecule has 0 spiro atoms. The molecule has 0 radical (unpaired) electrons. The highest BCUT2D eigenvalue weighted by Crippen LogP contribution is 2.21. The maximum atomic E-state index is 13.7. The largest absolute Gasteiger partial charge is 0.494 e. The predicted octanol–water partition coefficient (Wildman–Crippen LogP) is 2.17. The Hall–Kier alpha value is -1.95. The lowest BCUT2D eigenvalue weighted by Crippen LogP contribution is -2.32. The molecule has 0 saturated carbocycles. The Morgan fingerprint density at radius 1 is 1.40 bits per heavy atom. The Bertz CT molecular complexity index is 544. The van der Waals surface area contributed by atoms with E-state index in [1.807, 2.05) is 13.0 Å². The highest BCUT2D eigenvalue weighted by atomic mass is 19.1. The van der Waals surface area contributed by atoms with Gasteiger partial charge < -0.3 is 10.1 Å². The van der Waals surface area contributed by atoms with Crippen molar-refractivity contribution in [3.05, 3.63) is 42.2 Å². The molecular formula is C14H19FN4O. The third kappa shape index (κ3) is 3.54. The van der Waals surface area contributed by atoms with Crippen LogP contribution in [0.1, 0.15) is 25.5 Å². The Morgan fingerprint density at radius 3 is 2.80 bits per heavy atom. The van der Waals surface area contributed by atoms with E-state index in [-0.39, 0.29) is 23.7 Å². The van der Waals surface area contributed by atoms with Crippen molar-refractivity contribution in [2.45, 2.75) is 32.5 Å². The molecule has 0 aliphatic rings. The fourth-order valence-corrected chi connectivity index (χ4v) is 2.14. The fourth-order valence-electron chi connectivity index (χ4n) is 2.14. The predicted molar refractivity (Wildman–Crippen MR) is 74.0 cm³/mol.